The van der Waals surface area contributed by atoms with E-state index in [4.69, 9.17) is 5.73 Å². The molecule has 13 heavy (non-hydrogen) atoms. The highest BCUT2D eigenvalue weighted by Crippen LogP contribution is 2.27. The lowest BCUT2D eigenvalue weighted by atomic mass is 9.97. The first kappa shape index (κ1) is 9.05. The van der Waals surface area contributed by atoms with Crippen LogP contribution in [-0.2, 0) is 0 Å². The third-order valence-electron chi connectivity index (χ3n) is 2.63. The van der Waals surface area contributed by atoms with Crippen LogP contribution >= 0.6 is 11.7 Å². The Morgan fingerprint density at radius 3 is 3.23 bits per heavy atom. The zero-order valence-electron chi connectivity index (χ0n) is 7.68. The first-order valence-electron chi connectivity index (χ1n) is 4.50. The number of hydrogen-bond donors (Lipinski definition) is 1. The molecular weight excluding hydrogens is 184 g/mol. The molecule has 1 aromatic rings. The molecule has 2 unspecified atom stereocenters. The molecule has 0 amide bonds. The van der Waals surface area contributed by atoms with E-state index in [2.05, 4.69) is 20.7 Å². The second kappa shape index (κ2) is 3.69. The summed E-state index contributed by atoms with van der Waals surface area (Å²) < 4.78 is 8.28. The summed E-state index contributed by atoms with van der Waals surface area (Å²) in [5, 5.41) is 0. The Kier molecular flexibility index (Phi) is 2.57. The summed E-state index contributed by atoms with van der Waals surface area (Å²) in [6, 6.07) is 0.699. The molecule has 1 aliphatic heterocycles. The van der Waals surface area contributed by atoms with Crippen LogP contribution in [0.25, 0.3) is 0 Å². The van der Waals surface area contributed by atoms with Crippen LogP contribution in [0.2, 0.25) is 0 Å². The molecule has 2 N–H and O–H groups in total. The van der Waals surface area contributed by atoms with Crippen molar-refractivity contribution in [3.8, 4) is 0 Å². The van der Waals surface area contributed by atoms with Crippen LogP contribution < -0.4 is 5.73 Å². The second-order valence-corrected chi connectivity index (χ2v) is 4.17. The van der Waals surface area contributed by atoms with Crippen molar-refractivity contribution in [1.29, 1.82) is 0 Å². The minimum Gasteiger partial charge on any atom is -0.328 e. The van der Waals surface area contributed by atoms with Gasteiger partial charge < -0.3 is 5.73 Å². The highest BCUT2D eigenvalue weighted by molar-refractivity contribution is 6.99. The van der Waals surface area contributed by atoms with Crippen LogP contribution in [-0.4, -0.2) is 33.3 Å². The summed E-state index contributed by atoms with van der Waals surface area (Å²) in [5.41, 5.74) is 6.99. The van der Waals surface area contributed by atoms with Crippen molar-refractivity contribution in [3.63, 3.8) is 0 Å². The molecule has 1 aliphatic rings. The van der Waals surface area contributed by atoms with Gasteiger partial charge in [-0.15, -0.1) is 0 Å². The topological polar surface area (TPSA) is 55.0 Å². The van der Waals surface area contributed by atoms with Crippen LogP contribution in [0.4, 0.5) is 0 Å². The van der Waals surface area contributed by atoms with Gasteiger partial charge in [0.05, 0.1) is 29.7 Å². The molecule has 2 rings (SSSR count). The molecule has 2 heterocycles. The third kappa shape index (κ3) is 1.87. The van der Waals surface area contributed by atoms with Gasteiger partial charge in [0.2, 0.25) is 0 Å². The number of nitrogens with two attached hydrogens (primary N) is 1. The fourth-order valence-electron chi connectivity index (χ4n) is 1.78. The molecule has 72 valence electrons. The molecule has 2 atom stereocenters. The van der Waals surface area contributed by atoms with E-state index >= 15 is 0 Å². The van der Waals surface area contributed by atoms with Gasteiger partial charge in [-0.05, 0) is 26.4 Å². The maximum absolute atomic E-state index is 5.92. The van der Waals surface area contributed by atoms with Gasteiger partial charge in [0.1, 0.15) is 0 Å². The number of likely N-dealkylation sites (tertiary alicyclic amines) is 1. The SMILES string of the molecule is CN1CCC(N)CC1c1cnsn1. The van der Waals surface area contributed by atoms with Crippen molar-refractivity contribution >= 4 is 11.7 Å². The highest BCUT2D eigenvalue weighted by atomic mass is 32.1. The van der Waals surface area contributed by atoms with Crippen LogP contribution in [0.1, 0.15) is 24.6 Å². The van der Waals surface area contributed by atoms with Gasteiger partial charge in [-0.1, -0.05) is 0 Å². The monoisotopic (exact) mass is 198 g/mol. The van der Waals surface area contributed by atoms with Gasteiger partial charge in [0.15, 0.2) is 0 Å². The molecule has 1 fully saturated rings. The van der Waals surface area contributed by atoms with E-state index in [1.165, 1.54) is 11.7 Å². The van der Waals surface area contributed by atoms with E-state index in [1.807, 2.05) is 6.20 Å². The average molecular weight is 198 g/mol. The maximum Gasteiger partial charge on any atom is 0.0914 e. The van der Waals surface area contributed by atoms with Crippen LogP contribution in [0.3, 0.4) is 0 Å². The summed E-state index contributed by atoms with van der Waals surface area (Å²) >= 11 is 1.27. The Morgan fingerprint density at radius 1 is 1.69 bits per heavy atom. The smallest absolute Gasteiger partial charge is 0.0914 e. The normalized spacial score (nSPS) is 30.6. The zero-order chi connectivity index (χ0) is 9.26. The molecule has 0 bridgehead atoms. The van der Waals surface area contributed by atoms with Crippen LogP contribution in [0.15, 0.2) is 6.20 Å². The van der Waals surface area contributed by atoms with Crippen molar-refractivity contribution in [2.45, 2.75) is 24.9 Å². The first-order chi connectivity index (χ1) is 6.27. The van der Waals surface area contributed by atoms with E-state index in [1.54, 1.807) is 0 Å². The molecule has 0 saturated carbocycles. The van der Waals surface area contributed by atoms with Crippen molar-refractivity contribution < 1.29 is 0 Å². The Morgan fingerprint density at radius 2 is 2.54 bits per heavy atom. The average Bonchev–Trinajstić information content (AvgIpc) is 2.61. The third-order valence-corrected chi connectivity index (χ3v) is 3.12. The van der Waals surface area contributed by atoms with E-state index in [0.717, 1.165) is 25.1 Å². The van der Waals surface area contributed by atoms with Crippen LogP contribution in [0.5, 0.6) is 0 Å². The number of piperidine rings is 1. The lowest BCUT2D eigenvalue weighted by molar-refractivity contribution is 0.168. The van der Waals surface area contributed by atoms with E-state index in [0.29, 0.717) is 12.1 Å². The number of nitrogens with zero attached hydrogens (tertiary/aromatic N) is 3. The summed E-state index contributed by atoms with van der Waals surface area (Å²) in [6.07, 6.45) is 3.94. The molecule has 0 aromatic carbocycles. The Balaban J connectivity index is 2.12. The predicted molar refractivity (Wildman–Crippen MR) is 52.5 cm³/mol. The molecule has 0 spiro atoms. The van der Waals surface area contributed by atoms with E-state index < -0.39 is 0 Å². The predicted octanol–water partition coefficient (Wildman–Crippen LogP) is 0.632. The molecule has 1 saturated heterocycles. The molecular formula is C8H14N4S. The first-order valence-corrected chi connectivity index (χ1v) is 5.23. The Bertz CT molecular complexity index is 261. The number of aromatic nitrogens is 2. The van der Waals surface area contributed by atoms with Gasteiger partial charge in [0, 0.05) is 6.04 Å². The molecule has 0 aliphatic carbocycles. The number of hydrogen-bond acceptors (Lipinski definition) is 5. The standard InChI is InChI=1S/C8H14N4S/c1-12-3-2-6(9)4-8(12)7-5-10-13-11-7/h5-6,8H,2-4,9H2,1H3. The summed E-state index contributed by atoms with van der Waals surface area (Å²) in [5.74, 6) is 0. The fraction of sp³-hybridized carbons (Fsp3) is 0.750. The van der Waals surface area contributed by atoms with Crippen molar-refractivity contribution in [3.05, 3.63) is 11.9 Å². The Labute approximate surface area is 82.1 Å². The molecule has 0 radical (unpaired) electrons. The minimum absolute atomic E-state index is 0.322. The lowest BCUT2D eigenvalue weighted by Crippen LogP contribution is -2.40. The summed E-state index contributed by atoms with van der Waals surface area (Å²) in [6.45, 7) is 1.06. The van der Waals surface area contributed by atoms with Gasteiger partial charge in [-0.25, -0.2) is 0 Å². The minimum atomic E-state index is 0.322. The van der Waals surface area contributed by atoms with Gasteiger partial charge in [-0.3, -0.25) is 4.90 Å². The van der Waals surface area contributed by atoms with Gasteiger partial charge in [0.25, 0.3) is 0 Å². The van der Waals surface area contributed by atoms with Crippen LogP contribution in [0, 0.1) is 0 Å². The number of rotatable bonds is 1. The van der Waals surface area contributed by atoms with Crippen molar-refractivity contribution in [2.24, 2.45) is 5.73 Å². The summed E-state index contributed by atoms with van der Waals surface area (Å²) in [7, 11) is 2.12. The fourth-order valence-corrected chi connectivity index (χ4v) is 2.24. The second-order valence-electron chi connectivity index (χ2n) is 3.61. The summed E-state index contributed by atoms with van der Waals surface area (Å²) in [4.78, 5) is 2.31. The maximum atomic E-state index is 5.92. The highest BCUT2D eigenvalue weighted by Gasteiger charge is 2.26. The van der Waals surface area contributed by atoms with Crippen molar-refractivity contribution in [1.82, 2.24) is 13.6 Å². The molecule has 1 aromatic heterocycles. The van der Waals surface area contributed by atoms with Crippen molar-refractivity contribution in [2.75, 3.05) is 13.6 Å². The lowest BCUT2D eigenvalue weighted by Gasteiger charge is -2.34. The largest absolute Gasteiger partial charge is 0.328 e. The van der Waals surface area contributed by atoms with E-state index in [9.17, 15) is 0 Å². The van der Waals surface area contributed by atoms with Gasteiger partial charge >= 0.3 is 0 Å². The Hall–Kier alpha value is -0.520. The molecule has 4 nitrogen and oxygen atoms in total. The quantitative estimate of drug-likeness (QED) is 0.719. The zero-order valence-corrected chi connectivity index (χ0v) is 8.50. The molecule has 5 heteroatoms. The van der Waals surface area contributed by atoms with E-state index in [-0.39, 0.29) is 0 Å². The van der Waals surface area contributed by atoms with Gasteiger partial charge in [-0.2, -0.15) is 8.75 Å².